The van der Waals surface area contributed by atoms with Crippen molar-refractivity contribution in [2.45, 2.75) is 31.2 Å². The van der Waals surface area contributed by atoms with Crippen LogP contribution >= 0.6 is 11.6 Å². The normalized spacial score (nSPS) is 21.9. The van der Waals surface area contributed by atoms with E-state index >= 15 is 0 Å². The summed E-state index contributed by atoms with van der Waals surface area (Å²) in [5.74, 6) is -1.42. The molecule has 0 fully saturated rings. The zero-order valence-electron chi connectivity index (χ0n) is 14.9. The number of rotatable bonds is 3. The molecule has 1 aliphatic rings. The second kappa shape index (κ2) is 7.51. The van der Waals surface area contributed by atoms with Crippen LogP contribution in [0.15, 0.2) is 41.5 Å². The fraction of sp³-hybridized carbons (Fsp3) is 0.278. The molecule has 0 unspecified atom stereocenters. The number of amidine groups is 1. The van der Waals surface area contributed by atoms with E-state index in [-0.39, 0.29) is 16.9 Å². The maximum atomic E-state index is 14.5. The third kappa shape index (κ3) is 4.58. The maximum absolute atomic E-state index is 14.5. The highest BCUT2D eigenvalue weighted by atomic mass is 35.5. The van der Waals surface area contributed by atoms with Crippen molar-refractivity contribution in [2.24, 2.45) is 10.7 Å². The minimum atomic E-state index is -4.67. The molecule has 2 heterocycles. The zero-order chi connectivity index (χ0) is 21.4. The monoisotopic (exact) mass is 430 g/mol. The van der Waals surface area contributed by atoms with E-state index in [2.05, 4.69) is 15.3 Å². The van der Waals surface area contributed by atoms with Crippen LogP contribution in [0.4, 0.5) is 23.2 Å². The summed E-state index contributed by atoms with van der Waals surface area (Å²) < 4.78 is 59.2. The molecule has 3 rings (SSSR count). The molecule has 1 amide bonds. The van der Waals surface area contributed by atoms with E-state index in [1.807, 2.05) is 0 Å². The van der Waals surface area contributed by atoms with Crippen LogP contribution in [0.3, 0.4) is 0 Å². The number of carbonyl (C=O) groups is 1. The number of benzene rings is 1. The van der Waals surface area contributed by atoms with Crippen molar-refractivity contribution in [3.05, 3.63) is 58.6 Å². The summed E-state index contributed by atoms with van der Waals surface area (Å²) in [4.78, 5) is 19.4. The number of aliphatic imine (C=N–C) groups is 1. The van der Waals surface area contributed by atoms with Crippen LogP contribution < -0.4 is 11.1 Å². The Morgan fingerprint density at radius 2 is 2.07 bits per heavy atom. The lowest BCUT2D eigenvalue weighted by molar-refractivity contribution is -0.164. The molecule has 0 spiro atoms. The van der Waals surface area contributed by atoms with Gasteiger partial charge >= 0.3 is 6.18 Å². The van der Waals surface area contributed by atoms with E-state index in [4.69, 9.17) is 22.1 Å². The topological polar surface area (TPSA) is 89.6 Å². The number of carbonyl (C=O) groups excluding carboxylic acids is 1. The van der Waals surface area contributed by atoms with E-state index in [9.17, 15) is 22.4 Å². The van der Waals surface area contributed by atoms with Gasteiger partial charge in [0.05, 0.1) is 5.02 Å². The van der Waals surface area contributed by atoms with Gasteiger partial charge in [-0.05, 0) is 37.3 Å². The average molecular weight is 431 g/mol. The molecule has 0 saturated carbocycles. The van der Waals surface area contributed by atoms with Crippen molar-refractivity contribution in [1.29, 1.82) is 0 Å². The Hall–Kier alpha value is -2.88. The predicted octanol–water partition coefficient (Wildman–Crippen LogP) is 4.01. The number of anilines is 1. The van der Waals surface area contributed by atoms with E-state index in [0.717, 1.165) is 6.07 Å². The molecule has 1 aromatic carbocycles. The van der Waals surface area contributed by atoms with E-state index in [1.165, 1.54) is 37.4 Å². The molecule has 0 aliphatic carbocycles. The molecule has 1 aliphatic heterocycles. The number of nitrogens with two attached hydrogens (primary N) is 1. The SMILES string of the molecule is C[C@@]1(c2cc(NC(=O)c3ccc(Cl)cn3)ccc2F)C[C@@H](C(F)(F)F)N=C(N)O1. The van der Waals surface area contributed by atoms with Gasteiger partial charge in [0.25, 0.3) is 11.9 Å². The number of pyridine rings is 1. The third-order valence-corrected chi connectivity index (χ3v) is 4.55. The lowest BCUT2D eigenvalue weighted by Crippen LogP contribution is -2.46. The minimum Gasteiger partial charge on any atom is -0.454 e. The van der Waals surface area contributed by atoms with Crippen molar-refractivity contribution in [3.8, 4) is 0 Å². The fourth-order valence-corrected chi connectivity index (χ4v) is 3.05. The van der Waals surface area contributed by atoms with Gasteiger partial charge in [0.1, 0.15) is 17.1 Å². The van der Waals surface area contributed by atoms with Gasteiger partial charge in [-0.1, -0.05) is 11.6 Å². The quantitative estimate of drug-likeness (QED) is 0.720. The van der Waals surface area contributed by atoms with E-state index in [0.29, 0.717) is 5.02 Å². The molecule has 6 nitrogen and oxygen atoms in total. The summed E-state index contributed by atoms with van der Waals surface area (Å²) in [5.41, 5.74) is 3.65. The first-order chi connectivity index (χ1) is 13.5. The summed E-state index contributed by atoms with van der Waals surface area (Å²) in [6.45, 7) is 1.28. The fourth-order valence-electron chi connectivity index (χ4n) is 2.93. The summed E-state index contributed by atoms with van der Waals surface area (Å²) in [5, 5.41) is 2.84. The van der Waals surface area contributed by atoms with Gasteiger partial charge < -0.3 is 15.8 Å². The van der Waals surface area contributed by atoms with Crippen molar-refractivity contribution in [3.63, 3.8) is 0 Å². The van der Waals surface area contributed by atoms with Gasteiger partial charge in [0, 0.05) is 23.9 Å². The van der Waals surface area contributed by atoms with Gasteiger partial charge in [-0.15, -0.1) is 0 Å². The molecule has 1 aromatic heterocycles. The third-order valence-electron chi connectivity index (χ3n) is 4.33. The predicted molar refractivity (Wildman–Crippen MR) is 98.1 cm³/mol. The van der Waals surface area contributed by atoms with E-state index < -0.39 is 42.0 Å². The average Bonchev–Trinajstić information content (AvgIpc) is 2.62. The molecule has 0 bridgehead atoms. The van der Waals surface area contributed by atoms with E-state index in [1.54, 1.807) is 0 Å². The number of ether oxygens (including phenoxy) is 1. The molecule has 29 heavy (non-hydrogen) atoms. The minimum absolute atomic E-state index is 0.0499. The number of hydrogen-bond donors (Lipinski definition) is 2. The largest absolute Gasteiger partial charge is 0.454 e. The van der Waals surface area contributed by atoms with Gasteiger partial charge in [-0.25, -0.2) is 14.4 Å². The Morgan fingerprint density at radius 1 is 1.34 bits per heavy atom. The van der Waals surface area contributed by atoms with Gasteiger partial charge in [-0.3, -0.25) is 4.79 Å². The highest BCUT2D eigenvalue weighted by Gasteiger charge is 2.49. The standard InChI is InChI=1S/C18H15ClF4N4O2/c1-17(7-14(18(21,22)23)27-16(24)29-17)11-6-10(3-4-12(11)20)26-15(28)13-5-2-9(19)8-25-13/h2-6,8,14H,7H2,1H3,(H2,24,27)(H,26,28)/t14-,17-/m0/s1. The number of amides is 1. The van der Waals surface area contributed by atoms with Crippen molar-refractivity contribution in [2.75, 3.05) is 5.32 Å². The molecular formula is C18H15ClF4N4O2. The lowest BCUT2D eigenvalue weighted by atomic mass is 9.87. The Labute approximate surface area is 167 Å². The molecule has 2 atom stereocenters. The number of nitrogens with one attached hydrogen (secondary N) is 1. The maximum Gasteiger partial charge on any atom is 0.411 e. The molecule has 0 saturated heterocycles. The number of hydrogen-bond acceptors (Lipinski definition) is 5. The summed E-state index contributed by atoms with van der Waals surface area (Å²) in [6.07, 6.45) is -4.06. The Morgan fingerprint density at radius 3 is 2.69 bits per heavy atom. The summed E-state index contributed by atoms with van der Waals surface area (Å²) in [7, 11) is 0. The van der Waals surface area contributed by atoms with Crippen LogP contribution in [0, 0.1) is 5.82 Å². The van der Waals surface area contributed by atoms with Crippen LogP contribution in [0.5, 0.6) is 0 Å². The number of nitrogens with zero attached hydrogens (tertiary/aromatic N) is 2. The molecule has 11 heteroatoms. The first-order valence-electron chi connectivity index (χ1n) is 8.30. The first-order valence-corrected chi connectivity index (χ1v) is 8.68. The molecular weight excluding hydrogens is 416 g/mol. The second-order valence-electron chi connectivity index (χ2n) is 6.57. The van der Waals surface area contributed by atoms with Crippen molar-refractivity contribution < 1.29 is 27.1 Å². The first kappa shape index (κ1) is 20.8. The highest BCUT2D eigenvalue weighted by Crippen LogP contribution is 2.41. The number of alkyl halides is 3. The van der Waals surface area contributed by atoms with Crippen LogP contribution in [0.25, 0.3) is 0 Å². The van der Waals surface area contributed by atoms with Crippen molar-refractivity contribution in [1.82, 2.24) is 4.98 Å². The van der Waals surface area contributed by atoms with Gasteiger partial charge in [0.2, 0.25) is 0 Å². The zero-order valence-corrected chi connectivity index (χ0v) is 15.7. The Balaban J connectivity index is 1.90. The lowest BCUT2D eigenvalue weighted by Gasteiger charge is -2.37. The molecule has 0 radical (unpaired) electrons. The Bertz CT molecular complexity index is 965. The highest BCUT2D eigenvalue weighted by molar-refractivity contribution is 6.30. The summed E-state index contributed by atoms with van der Waals surface area (Å²) in [6, 6.07) is 3.48. The molecule has 3 N–H and O–H groups in total. The number of halogens is 5. The molecule has 2 aromatic rings. The molecule has 154 valence electrons. The number of aromatic nitrogens is 1. The Kier molecular flexibility index (Phi) is 5.40. The van der Waals surface area contributed by atoms with Crippen molar-refractivity contribution >= 4 is 29.2 Å². The second-order valence-corrected chi connectivity index (χ2v) is 7.01. The van der Waals surface area contributed by atoms with Crippen LogP contribution in [0.2, 0.25) is 5.02 Å². The van der Waals surface area contributed by atoms with Crippen LogP contribution in [0.1, 0.15) is 29.4 Å². The summed E-state index contributed by atoms with van der Waals surface area (Å²) >= 11 is 5.72. The smallest absolute Gasteiger partial charge is 0.411 e. The van der Waals surface area contributed by atoms with Crippen LogP contribution in [-0.2, 0) is 10.3 Å². The van der Waals surface area contributed by atoms with Gasteiger partial charge in [0.15, 0.2) is 6.04 Å². The van der Waals surface area contributed by atoms with Gasteiger partial charge in [-0.2, -0.15) is 13.2 Å². The van der Waals surface area contributed by atoms with Crippen LogP contribution in [-0.4, -0.2) is 29.1 Å².